The highest BCUT2D eigenvalue weighted by Crippen LogP contribution is 2.14. The molecule has 2 nitrogen and oxygen atoms in total. The Kier molecular flexibility index (Phi) is 4.65. The predicted octanol–water partition coefficient (Wildman–Crippen LogP) is 2.03. The van der Waals surface area contributed by atoms with Crippen molar-refractivity contribution in [1.82, 2.24) is 5.32 Å². The fourth-order valence-electron chi connectivity index (χ4n) is 1.24. The van der Waals surface area contributed by atoms with Crippen molar-refractivity contribution in [2.75, 3.05) is 6.54 Å². The number of phenols is 1. The van der Waals surface area contributed by atoms with E-state index >= 15 is 0 Å². The molecule has 0 heterocycles. The molecule has 0 amide bonds. The van der Waals surface area contributed by atoms with Crippen LogP contribution in [0.15, 0.2) is 18.2 Å². The number of nitrogens with one attached hydrogen (secondary N) is 1. The highest BCUT2D eigenvalue weighted by Gasteiger charge is 1.98. The lowest BCUT2D eigenvalue weighted by Crippen LogP contribution is -2.14. The molecule has 0 unspecified atom stereocenters. The van der Waals surface area contributed by atoms with Gasteiger partial charge < -0.3 is 10.4 Å². The average Bonchev–Trinajstić information content (AvgIpc) is 2.16. The van der Waals surface area contributed by atoms with Crippen molar-refractivity contribution in [2.24, 2.45) is 0 Å². The topological polar surface area (TPSA) is 32.3 Å². The van der Waals surface area contributed by atoms with E-state index in [0.29, 0.717) is 6.54 Å². The number of halogens is 1. The molecule has 80 valence electrons. The van der Waals surface area contributed by atoms with E-state index in [1.54, 1.807) is 13.0 Å². The van der Waals surface area contributed by atoms with Gasteiger partial charge in [0, 0.05) is 25.6 Å². The van der Waals surface area contributed by atoms with E-state index in [9.17, 15) is 4.39 Å². The number of benzene rings is 1. The van der Waals surface area contributed by atoms with Crippen molar-refractivity contribution < 1.29 is 9.50 Å². The molecule has 2 N–H and O–H groups in total. The van der Waals surface area contributed by atoms with Gasteiger partial charge in [-0.15, -0.1) is 11.8 Å². The summed E-state index contributed by atoms with van der Waals surface area (Å²) in [6.07, 6.45) is 0.776. The monoisotopic (exact) mass is 207 g/mol. The number of aromatic hydroxyl groups is 1. The van der Waals surface area contributed by atoms with Crippen LogP contribution >= 0.6 is 0 Å². The van der Waals surface area contributed by atoms with E-state index in [1.165, 1.54) is 6.07 Å². The Morgan fingerprint density at radius 1 is 1.40 bits per heavy atom. The van der Waals surface area contributed by atoms with Gasteiger partial charge in [0.1, 0.15) is 11.6 Å². The summed E-state index contributed by atoms with van der Waals surface area (Å²) in [6.45, 7) is 3.10. The second-order valence-electron chi connectivity index (χ2n) is 3.17. The molecule has 0 radical (unpaired) electrons. The first-order valence-corrected chi connectivity index (χ1v) is 4.81. The standard InChI is InChI=1S/C12H14FNO/c1-2-3-4-5-14-9-10-6-11(13)8-12(15)7-10/h6-8,14-15H,4-5,9H2,1H3. The quantitative estimate of drug-likeness (QED) is 0.585. The molecule has 15 heavy (non-hydrogen) atoms. The number of hydrogen-bond acceptors (Lipinski definition) is 2. The molecule has 0 saturated heterocycles. The van der Waals surface area contributed by atoms with Gasteiger partial charge in [0.25, 0.3) is 0 Å². The van der Waals surface area contributed by atoms with Crippen LogP contribution in [0.25, 0.3) is 0 Å². The lowest BCUT2D eigenvalue weighted by molar-refractivity contribution is 0.467. The Balaban J connectivity index is 2.39. The van der Waals surface area contributed by atoms with Crippen LogP contribution in [0.3, 0.4) is 0 Å². The van der Waals surface area contributed by atoms with E-state index in [1.807, 2.05) is 0 Å². The zero-order valence-corrected chi connectivity index (χ0v) is 8.68. The van der Waals surface area contributed by atoms with E-state index in [2.05, 4.69) is 17.2 Å². The number of phenolic OH excluding ortho intramolecular Hbond substituents is 1. The van der Waals surface area contributed by atoms with Gasteiger partial charge in [-0.1, -0.05) is 0 Å². The molecule has 1 aromatic carbocycles. The van der Waals surface area contributed by atoms with E-state index in [-0.39, 0.29) is 5.75 Å². The van der Waals surface area contributed by atoms with Gasteiger partial charge in [-0.2, -0.15) is 0 Å². The predicted molar refractivity (Wildman–Crippen MR) is 57.8 cm³/mol. The molecule has 0 aromatic heterocycles. The molecule has 0 fully saturated rings. The van der Waals surface area contributed by atoms with Crippen molar-refractivity contribution in [3.63, 3.8) is 0 Å². The minimum absolute atomic E-state index is 0.0415. The Hall–Kier alpha value is -1.53. The molecule has 0 atom stereocenters. The maximum absolute atomic E-state index is 12.8. The van der Waals surface area contributed by atoms with Crippen LogP contribution in [0.2, 0.25) is 0 Å². The molecule has 0 aliphatic heterocycles. The maximum Gasteiger partial charge on any atom is 0.127 e. The fraction of sp³-hybridized carbons (Fsp3) is 0.333. The Bertz CT molecular complexity index is 359. The lowest BCUT2D eigenvalue weighted by atomic mass is 10.2. The SMILES string of the molecule is CC#CCCNCc1cc(O)cc(F)c1. The third kappa shape index (κ3) is 4.48. The first-order chi connectivity index (χ1) is 7.22. The van der Waals surface area contributed by atoms with E-state index in [0.717, 1.165) is 24.6 Å². The van der Waals surface area contributed by atoms with Gasteiger partial charge in [0.15, 0.2) is 0 Å². The first-order valence-electron chi connectivity index (χ1n) is 4.81. The lowest BCUT2D eigenvalue weighted by Gasteiger charge is -2.03. The highest BCUT2D eigenvalue weighted by molar-refractivity contribution is 5.28. The third-order valence-electron chi connectivity index (χ3n) is 1.88. The summed E-state index contributed by atoms with van der Waals surface area (Å²) in [7, 11) is 0. The van der Waals surface area contributed by atoms with Crippen LogP contribution in [0.5, 0.6) is 5.75 Å². The summed E-state index contributed by atoms with van der Waals surface area (Å²) in [5, 5.41) is 12.3. The Morgan fingerprint density at radius 2 is 2.20 bits per heavy atom. The second kappa shape index (κ2) is 6.05. The van der Waals surface area contributed by atoms with Crippen LogP contribution in [-0.4, -0.2) is 11.7 Å². The van der Waals surface area contributed by atoms with Crippen molar-refractivity contribution in [2.45, 2.75) is 19.9 Å². The highest BCUT2D eigenvalue weighted by atomic mass is 19.1. The fourth-order valence-corrected chi connectivity index (χ4v) is 1.24. The minimum Gasteiger partial charge on any atom is -0.508 e. The van der Waals surface area contributed by atoms with Crippen molar-refractivity contribution in [1.29, 1.82) is 0 Å². The average molecular weight is 207 g/mol. The van der Waals surface area contributed by atoms with Crippen LogP contribution in [0.4, 0.5) is 4.39 Å². The summed E-state index contributed by atoms with van der Waals surface area (Å²) in [5.41, 5.74) is 0.733. The number of hydrogen-bond donors (Lipinski definition) is 2. The smallest absolute Gasteiger partial charge is 0.127 e. The molecule has 3 heteroatoms. The van der Waals surface area contributed by atoms with E-state index in [4.69, 9.17) is 5.11 Å². The number of rotatable bonds is 4. The summed E-state index contributed by atoms with van der Waals surface area (Å²) in [6, 6.07) is 4.03. The largest absolute Gasteiger partial charge is 0.508 e. The summed E-state index contributed by atoms with van der Waals surface area (Å²) < 4.78 is 12.8. The zero-order valence-electron chi connectivity index (χ0n) is 8.68. The van der Waals surface area contributed by atoms with Crippen molar-refractivity contribution in [3.05, 3.63) is 29.6 Å². The molecular formula is C12H14FNO. The van der Waals surface area contributed by atoms with Gasteiger partial charge in [-0.05, 0) is 24.6 Å². The molecule has 0 bridgehead atoms. The summed E-state index contributed by atoms with van der Waals surface area (Å²) in [4.78, 5) is 0. The van der Waals surface area contributed by atoms with Crippen LogP contribution < -0.4 is 5.32 Å². The third-order valence-corrected chi connectivity index (χ3v) is 1.88. The van der Waals surface area contributed by atoms with Crippen LogP contribution in [0.1, 0.15) is 18.9 Å². The Morgan fingerprint density at radius 3 is 2.87 bits per heavy atom. The molecule has 0 aliphatic carbocycles. The molecule has 1 aromatic rings. The van der Waals surface area contributed by atoms with Crippen LogP contribution in [0, 0.1) is 17.7 Å². The minimum atomic E-state index is -0.417. The zero-order chi connectivity index (χ0) is 11.1. The maximum atomic E-state index is 12.8. The normalized spacial score (nSPS) is 9.47. The second-order valence-corrected chi connectivity index (χ2v) is 3.17. The Labute approximate surface area is 89.1 Å². The molecule has 1 rings (SSSR count). The van der Waals surface area contributed by atoms with Gasteiger partial charge in [0.05, 0.1) is 0 Å². The summed E-state index contributed by atoms with van der Waals surface area (Å²) in [5.74, 6) is 5.26. The molecule has 0 saturated carbocycles. The first kappa shape index (κ1) is 11.5. The molecular weight excluding hydrogens is 193 g/mol. The van der Waals surface area contributed by atoms with Gasteiger partial charge in [-0.25, -0.2) is 4.39 Å². The molecule has 0 aliphatic rings. The molecule has 0 spiro atoms. The van der Waals surface area contributed by atoms with Crippen molar-refractivity contribution >= 4 is 0 Å². The van der Waals surface area contributed by atoms with Crippen molar-refractivity contribution in [3.8, 4) is 17.6 Å². The van der Waals surface area contributed by atoms with Gasteiger partial charge >= 0.3 is 0 Å². The summed E-state index contributed by atoms with van der Waals surface area (Å²) >= 11 is 0. The van der Waals surface area contributed by atoms with Gasteiger partial charge in [0.2, 0.25) is 0 Å². The van der Waals surface area contributed by atoms with E-state index < -0.39 is 5.82 Å². The van der Waals surface area contributed by atoms with Crippen LogP contribution in [-0.2, 0) is 6.54 Å². The van der Waals surface area contributed by atoms with Gasteiger partial charge in [-0.3, -0.25) is 0 Å².